The smallest absolute Gasteiger partial charge is 0.128 e. The molecule has 0 unspecified atom stereocenters. The lowest BCUT2D eigenvalue weighted by molar-refractivity contribution is 0.419. The number of nitrogens with one attached hydrogen (secondary N) is 1. The van der Waals surface area contributed by atoms with Crippen LogP contribution in [0.2, 0.25) is 0 Å². The van der Waals surface area contributed by atoms with Crippen LogP contribution in [-0.4, -0.2) is 10.5 Å². The maximum atomic E-state index is 9.32. The summed E-state index contributed by atoms with van der Waals surface area (Å²) in [5.41, 5.74) is 1.60. The Morgan fingerprint density at radius 3 is 2.40 bits per heavy atom. The number of hydrogen-bond acceptors (Lipinski definition) is 3. The van der Waals surface area contributed by atoms with Crippen LogP contribution >= 0.6 is 0 Å². The quantitative estimate of drug-likeness (QED) is 0.868. The molecule has 1 aromatic carbocycles. The number of nitrogens with zero attached hydrogens (tertiary/aromatic N) is 2. The molecule has 104 valence electrons. The van der Waals surface area contributed by atoms with Crippen molar-refractivity contribution in [3.05, 3.63) is 35.9 Å². The number of para-hydroxylation sites is 1. The fourth-order valence-corrected chi connectivity index (χ4v) is 2.62. The third kappa shape index (κ3) is 2.60. The number of benzene rings is 1. The molecule has 3 heteroatoms. The first-order valence-corrected chi connectivity index (χ1v) is 7.26. The van der Waals surface area contributed by atoms with Crippen molar-refractivity contribution in [3.63, 3.8) is 0 Å². The van der Waals surface area contributed by atoms with Crippen LogP contribution in [0.15, 0.2) is 30.3 Å². The SMILES string of the molecule is CCC(CC)(CC)Nc1cc(C#N)c2ccccc2n1. The van der Waals surface area contributed by atoms with Gasteiger partial charge in [0.25, 0.3) is 0 Å². The Hall–Kier alpha value is -2.08. The van der Waals surface area contributed by atoms with Gasteiger partial charge >= 0.3 is 0 Å². The Bertz CT molecular complexity index is 628. The summed E-state index contributed by atoms with van der Waals surface area (Å²) in [4.78, 5) is 4.65. The second-order valence-electron chi connectivity index (χ2n) is 5.15. The van der Waals surface area contributed by atoms with E-state index in [0.717, 1.165) is 36.0 Å². The summed E-state index contributed by atoms with van der Waals surface area (Å²) < 4.78 is 0. The molecule has 0 saturated heterocycles. The van der Waals surface area contributed by atoms with Gasteiger partial charge < -0.3 is 5.32 Å². The van der Waals surface area contributed by atoms with Gasteiger partial charge in [0.15, 0.2) is 0 Å². The zero-order valence-electron chi connectivity index (χ0n) is 12.4. The first-order valence-electron chi connectivity index (χ1n) is 7.26. The summed E-state index contributed by atoms with van der Waals surface area (Å²) in [5, 5.41) is 13.8. The highest BCUT2D eigenvalue weighted by Gasteiger charge is 2.24. The Morgan fingerprint density at radius 2 is 1.80 bits per heavy atom. The number of fused-ring (bicyclic) bond motifs is 1. The fraction of sp³-hybridized carbons (Fsp3) is 0.412. The van der Waals surface area contributed by atoms with E-state index in [2.05, 4.69) is 37.1 Å². The number of aromatic nitrogens is 1. The second-order valence-corrected chi connectivity index (χ2v) is 5.15. The van der Waals surface area contributed by atoms with Gasteiger partial charge in [-0.3, -0.25) is 0 Å². The van der Waals surface area contributed by atoms with Crippen LogP contribution in [0.5, 0.6) is 0 Å². The van der Waals surface area contributed by atoms with E-state index in [-0.39, 0.29) is 5.54 Å². The Balaban J connectivity index is 2.48. The molecular formula is C17H21N3. The molecule has 0 atom stereocenters. The lowest BCUT2D eigenvalue weighted by atomic mass is 9.90. The maximum Gasteiger partial charge on any atom is 0.128 e. The minimum atomic E-state index is 0.0577. The summed E-state index contributed by atoms with van der Waals surface area (Å²) in [6.45, 7) is 6.56. The van der Waals surface area contributed by atoms with Gasteiger partial charge in [-0.15, -0.1) is 0 Å². The van der Waals surface area contributed by atoms with Gasteiger partial charge in [0.05, 0.1) is 17.1 Å². The van der Waals surface area contributed by atoms with Gasteiger partial charge in [-0.25, -0.2) is 4.98 Å². The first kappa shape index (κ1) is 14.3. The normalized spacial score (nSPS) is 11.3. The van der Waals surface area contributed by atoms with Gasteiger partial charge in [0.2, 0.25) is 0 Å². The third-order valence-electron chi connectivity index (χ3n) is 4.26. The molecule has 0 aliphatic carbocycles. The fourth-order valence-electron chi connectivity index (χ4n) is 2.62. The van der Waals surface area contributed by atoms with Gasteiger partial charge in [-0.2, -0.15) is 5.26 Å². The van der Waals surface area contributed by atoms with Gasteiger partial charge in [0, 0.05) is 10.9 Å². The average Bonchev–Trinajstić information content (AvgIpc) is 2.52. The van der Waals surface area contributed by atoms with Crippen molar-refractivity contribution in [1.82, 2.24) is 4.98 Å². The van der Waals surface area contributed by atoms with Gasteiger partial charge in [0.1, 0.15) is 5.82 Å². The van der Waals surface area contributed by atoms with Crippen LogP contribution in [0.25, 0.3) is 10.9 Å². The molecule has 1 N–H and O–H groups in total. The van der Waals surface area contributed by atoms with E-state index >= 15 is 0 Å². The monoisotopic (exact) mass is 267 g/mol. The molecular weight excluding hydrogens is 246 g/mol. The molecule has 0 fully saturated rings. The molecule has 0 radical (unpaired) electrons. The predicted molar refractivity (Wildman–Crippen MR) is 83.7 cm³/mol. The van der Waals surface area contributed by atoms with Crippen molar-refractivity contribution >= 4 is 16.7 Å². The molecule has 1 aromatic heterocycles. The van der Waals surface area contributed by atoms with E-state index in [1.807, 2.05) is 30.3 Å². The molecule has 2 rings (SSSR count). The van der Waals surface area contributed by atoms with E-state index in [4.69, 9.17) is 0 Å². The number of nitriles is 1. The summed E-state index contributed by atoms with van der Waals surface area (Å²) in [6.07, 6.45) is 3.11. The van der Waals surface area contributed by atoms with Crippen LogP contribution in [0.4, 0.5) is 5.82 Å². The lowest BCUT2D eigenvalue weighted by Crippen LogP contribution is -2.36. The predicted octanol–water partition coefficient (Wildman–Crippen LogP) is 4.49. The van der Waals surface area contributed by atoms with Crippen molar-refractivity contribution in [2.24, 2.45) is 0 Å². The Morgan fingerprint density at radius 1 is 1.15 bits per heavy atom. The van der Waals surface area contributed by atoms with Crippen molar-refractivity contribution in [3.8, 4) is 6.07 Å². The zero-order valence-corrected chi connectivity index (χ0v) is 12.4. The summed E-state index contributed by atoms with van der Waals surface area (Å²) in [7, 11) is 0. The zero-order chi connectivity index (χ0) is 14.6. The first-order chi connectivity index (χ1) is 9.68. The van der Waals surface area contributed by atoms with Gasteiger partial charge in [-0.05, 0) is 31.4 Å². The van der Waals surface area contributed by atoms with Crippen molar-refractivity contribution in [1.29, 1.82) is 5.26 Å². The Labute approximate surface area is 120 Å². The van der Waals surface area contributed by atoms with Gasteiger partial charge in [-0.1, -0.05) is 39.0 Å². The molecule has 3 nitrogen and oxygen atoms in total. The molecule has 0 aliphatic heterocycles. The van der Waals surface area contributed by atoms with Crippen molar-refractivity contribution in [2.75, 3.05) is 5.32 Å². The number of pyridine rings is 1. The summed E-state index contributed by atoms with van der Waals surface area (Å²) >= 11 is 0. The minimum absolute atomic E-state index is 0.0577. The minimum Gasteiger partial charge on any atom is -0.365 e. The second kappa shape index (κ2) is 5.92. The Kier molecular flexibility index (Phi) is 4.24. The number of anilines is 1. The number of hydrogen-bond donors (Lipinski definition) is 1. The van der Waals surface area contributed by atoms with Crippen LogP contribution in [0, 0.1) is 11.3 Å². The van der Waals surface area contributed by atoms with Crippen molar-refractivity contribution < 1.29 is 0 Å². The summed E-state index contributed by atoms with van der Waals surface area (Å²) in [6, 6.07) is 11.9. The highest BCUT2D eigenvalue weighted by atomic mass is 15.1. The maximum absolute atomic E-state index is 9.32. The largest absolute Gasteiger partial charge is 0.365 e. The molecule has 0 bridgehead atoms. The van der Waals surface area contributed by atoms with Crippen LogP contribution in [0.1, 0.15) is 45.6 Å². The standard InChI is InChI=1S/C17H21N3/c1-4-17(5-2,6-3)20-16-11-13(12-18)14-9-7-8-10-15(14)19-16/h7-11H,4-6H2,1-3H3,(H,19,20). The van der Waals surface area contributed by atoms with Crippen molar-refractivity contribution in [2.45, 2.75) is 45.6 Å². The molecule has 2 aromatic rings. The van der Waals surface area contributed by atoms with E-state index in [9.17, 15) is 5.26 Å². The van der Waals surface area contributed by atoms with E-state index in [1.54, 1.807) is 0 Å². The van der Waals surface area contributed by atoms with Crippen LogP contribution in [0.3, 0.4) is 0 Å². The highest BCUT2D eigenvalue weighted by molar-refractivity contribution is 5.86. The molecule has 20 heavy (non-hydrogen) atoms. The third-order valence-corrected chi connectivity index (χ3v) is 4.26. The molecule has 0 aliphatic rings. The van der Waals surface area contributed by atoms with E-state index < -0.39 is 0 Å². The summed E-state index contributed by atoms with van der Waals surface area (Å²) in [5.74, 6) is 0.797. The molecule has 0 spiro atoms. The number of rotatable bonds is 5. The highest BCUT2D eigenvalue weighted by Crippen LogP contribution is 2.27. The van der Waals surface area contributed by atoms with E-state index in [0.29, 0.717) is 5.56 Å². The van der Waals surface area contributed by atoms with Crippen LogP contribution in [-0.2, 0) is 0 Å². The molecule has 0 saturated carbocycles. The molecule has 1 heterocycles. The topological polar surface area (TPSA) is 48.7 Å². The average molecular weight is 267 g/mol. The molecule has 0 amide bonds. The van der Waals surface area contributed by atoms with E-state index in [1.165, 1.54) is 0 Å². The lowest BCUT2D eigenvalue weighted by Gasteiger charge is -2.32. The van der Waals surface area contributed by atoms with Crippen LogP contribution < -0.4 is 5.32 Å².